The van der Waals surface area contributed by atoms with Crippen LogP contribution in [0.4, 0.5) is 0 Å². The molecule has 0 unspecified atom stereocenters. The summed E-state index contributed by atoms with van der Waals surface area (Å²) in [5.41, 5.74) is -0.665. The summed E-state index contributed by atoms with van der Waals surface area (Å²) in [4.78, 5) is 24.8. The minimum Gasteiger partial charge on any atom is -0.351 e. The minimum atomic E-state index is -0.665. The van der Waals surface area contributed by atoms with Crippen LogP contribution in [0.5, 0.6) is 0 Å². The predicted molar refractivity (Wildman–Crippen MR) is 95.4 cm³/mol. The number of fused-ring (bicyclic) bond motifs is 1. The first-order valence-electron chi connectivity index (χ1n) is 10.1. The Morgan fingerprint density at radius 1 is 0.917 bits per heavy atom. The van der Waals surface area contributed by atoms with Crippen LogP contribution in [0, 0.1) is 17.8 Å². The monoisotopic (exact) mass is 334 g/mol. The number of carbonyl (C=O) groups excluding carboxylic acids is 2. The van der Waals surface area contributed by atoms with Gasteiger partial charge < -0.3 is 10.6 Å². The third-order valence-electron chi connectivity index (χ3n) is 6.85. The van der Waals surface area contributed by atoms with Crippen LogP contribution in [-0.2, 0) is 9.59 Å². The molecule has 3 aliphatic carbocycles. The molecule has 4 heteroatoms. The third kappa shape index (κ3) is 3.94. The molecular weight excluding hydrogens is 300 g/mol. The zero-order chi connectivity index (χ0) is 17.2. The molecule has 0 aromatic carbocycles. The molecule has 0 aromatic rings. The van der Waals surface area contributed by atoms with E-state index in [9.17, 15) is 9.59 Å². The van der Waals surface area contributed by atoms with Crippen molar-refractivity contribution in [3.05, 3.63) is 0 Å². The molecule has 0 aliphatic heterocycles. The van der Waals surface area contributed by atoms with E-state index in [-0.39, 0.29) is 11.8 Å². The fourth-order valence-corrected chi connectivity index (χ4v) is 5.33. The van der Waals surface area contributed by atoms with Crippen LogP contribution in [0.25, 0.3) is 0 Å². The van der Waals surface area contributed by atoms with Gasteiger partial charge in [-0.15, -0.1) is 0 Å². The van der Waals surface area contributed by atoms with Crippen LogP contribution >= 0.6 is 0 Å². The fourth-order valence-electron chi connectivity index (χ4n) is 5.33. The van der Waals surface area contributed by atoms with Gasteiger partial charge in [0.05, 0.1) is 0 Å². The van der Waals surface area contributed by atoms with Crippen LogP contribution in [0.1, 0.15) is 84.5 Å². The van der Waals surface area contributed by atoms with Gasteiger partial charge in [0.15, 0.2) is 0 Å². The summed E-state index contributed by atoms with van der Waals surface area (Å²) in [5, 5.41) is 6.34. The molecule has 0 saturated heterocycles. The summed E-state index contributed by atoms with van der Waals surface area (Å²) in [6, 6.07) is 0.307. The zero-order valence-corrected chi connectivity index (χ0v) is 15.4. The average Bonchev–Trinajstić information content (AvgIpc) is 2.56. The van der Waals surface area contributed by atoms with Crippen molar-refractivity contribution < 1.29 is 9.59 Å². The van der Waals surface area contributed by atoms with Gasteiger partial charge in [0.2, 0.25) is 11.8 Å². The van der Waals surface area contributed by atoms with Gasteiger partial charge in [-0.25, -0.2) is 0 Å². The maximum absolute atomic E-state index is 13.1. The second-order valence-electron chi connectivity index (χ2n) is 8.73. The van der Waals surface area contributed by atoms with Gasteiger partial charge in [-0.3, -0.25) is 9.59 Å². The summed E-state index contributed by atoms with van der Waals surface area (Å²) in [6.45, 7) is 3.76. The van der Waals surface area contributed by atoms with Crippen molar-refractivity contribution in [3.63, 3.8) is 0 Å². The molecule has 0 bridgehead atoms. The van der Waals surface area contributed by atoms with Crippen LogP contribution in [-0.4, -0.2) is 23.4 Å². The molecule has 3 saturated carbocycles. The Kier molecular flexibility index (Phi) is 5.51. The molecule has 3 atom stereocenters. The molecule has 4 nitrogen and oxygen atoms in total. The summed E-state index contributed by atoms with van der Waals surface area (Å²) >= 11 is 0. The predicted octanol–water partition coefficient (Wildman–Crippen LogP) is 3.55. The Morgan fingerprint density at radius 2 is 1.58 bits per heavy atom. The van der Waals surface area contributed by atoms with E-state index in [4.69, 9.17) is 0 Å². The van der Waals surface area contributed by atoms with Crippen LogP contribution in [0.2, 0.25) is 0 Å². The molecular formula is C20H34N2O2. The average molecular weight is 335 g/mol. The second-order valence-corrected chi connectivity index (χ2v) is 8.73. The highest BCUT2D eigenvalue weighted by atomic mass is 16.2. The largest absolute Gasteiger partial charge is 0.351 e. The van der Waals surface area contributed by atoms with E-state index in [2.05, 4.69) is 17.6 Å². The number of nitrogens with one attached hydrogen (secondary N) is 2. The number of hydrogen-bond donors (Lipinski definition) is 2. The molecule has 24 heavy (non-hydrogen) atoms. The minimum absolute atomic E-state index is 0.0730. The van der Waals surface area contributed by atoms with Crippen molar-refractivity contribution in [1.29, 1.82) is 0 Å². The lowest BCUT2D eigenvalue weighted by Crippen LogP contribution is -2.61. The SMILES string of the molecule is CC(=O)NC1(C(=O)N[C@@H]2CC[C@H]3CCCC[C@H]3C2)CCC(C)CC1. The van der Waals surface area contributed by atoms with E-state index in [1.54, 1.807) is 0 Å². The molecule has 0 spiro atoms. The van der Waals surface area contributed by atoms with Gasteiger partial charge >= 0.3 is 0 Å². The fraction of sp³-hybridized carbons (Fsp3) is 0.900. The Balaban J connectivity index is 1.62. The van der Waals surface area contributed by atoms with Crippen molar-refractivity contribution in [2.24, 2.45) is 17.8 Å². The van der Waals surface area contributed by atoms with Gasteiger partial charge in [-0.1, -0.05) is 32.6 Å². The molecule has 3 aliphatic rings. The number of amides is 2. The normalized spacial score (nSPS) is 39.6. The molecule has 3 fully saturated rings. The second kappa shape index (κ2) is 7.45. The first kappa shape index (κ1) is 17.8. The highest BCUT2D eigenvalue weighted by molar-refractivity contribution is 5.91. The Bertz CT molecular complexity index is 468. The van der Waals surface area contributed by atoms with Crippen LogP contribution in [0.15, 0.2) is 0 Å². The Morgan fingerprint density at radius 3 is 2.25 bits per heavy atom. The van der Waals surface area contributed by atoms with Gasteiger partial charge in [-0.05, 0) is 62.7 Å². The van der Waals surface area contributed by atoms with E-state index < -0.39 is 5.54 Å². The number of rotatable bonds is 3. The molecule has 0 radical (unpaired) electrons. The molecule has 0 aromatic heterocycles. The maximum Gasteiger partial charge on any atom is 0.245 e. The number of carbonyl (C=O) groups is 2. The van der Waals surface area contributed by atoms with E-state index in [0.717, 1.165) is 50.4 Å². The third-order valence-corrected chi connectivity index (χ3v) is 6.85. The quantitative estimate of drug-likeness (QED) is 0.829. The molecule has 2 amide bonds. The van der Waals surface area contributed by atoms with Gasteiger partial charge in [0.1, 0.15) is 5.54 Å². The maximum atomic E-state index is 13.1. The van der Waals surface area contributed by atoms with Gasteiger partial charge in [-0.2, -0.15) is 0 Å². The van der Waals surface area contributed by atoms with Crippen molar-refractivity contribution in [1.82, 2.24) is 10.6 Å². The van der Waals surface area contributed by atoms with Crippen molar-refractivity contribution >= 4 is 11.8 Å². The summed E-state index contributed by atoms with van der Waals surface area (Å²) < 4.78 is 0. The lowest BCUT2D eigenvalue weighted by molar-refractivity contribution is -0.135. The van der Waals surface area contributed by atoms with E-state index in [0.29, 0.717) is 12.0 Å². The smallest absolute Gasteiger partial charge is 0.245 e. The highest BCUT2D eigenvalue weighted by Crippen LogP contribution is 2.41. The lowest BCUT2D eigenvalue weighted by Gasteiger charge is -2.42. The highest BCUT2D eigenvalue weighted by Gasteiger charge is 2.43. The van der Waals surface area contributed by atoms with Crippen LogP contribution < -0.4 is 10.6 Å². The molecule has 2 N–H and O–H groups in total. The van der Waals surface area contributed by atoms with E-state index in [1.165, 1.54) is 39.0 Å². The van der Waals surface area contributed by atoms with E-state index >= 15 is 0 Å². The Hall–Kier alpha value is -1.06. The topological polar surface area (TPSA) is 58.2 Å². The lowest BCUT2D eigenvalue weighted by atomic mass is 9.69. The summed E-state index contributed by atoms with van der Waals surface area (Å²) in [7, 11) is 0. The number of hydrogen-bond acceptors (Lipinski definition) is 2. The molecule has 3 rings (SSSR count). The summed E-state index contributed by atoms with van der Waals surface area (Å²) in [6.07, 6.45) is 12.6. The van der Waals surface area contributed by atoms with Crippen molar-refractivity contribution in [2.45, 2.75) is 96.1 Å². The zero-order valence-electron chi connectivity index (χ0n) is 15.4. The van der Waals surface area contributed by atoms with Crippen molar-refractivity contribution in [3.8, 4) is 0 Å². The standard InChI is InChI=1S/C20H34N2O2/c1-14-9-11-20(12-10-14,22-15(2)23)19(24)21-18-8-7-16-5-3-4-6-17(16)13-18/h14,16-18H,3-13H2,1-2H3,(H,21,24)(H,22,23)/t14?,16-,17+,18-,20?/m1/s1. The molecule has 0 heterocycles. The first-order chi connectivity index (χ1) is 11.5. The van der Waals surface area contributed by atoms with Crippen molar-refractivity contribution in [2.75, 3.05) is 0 Å². The van der Waals surface area contributed by atoms with Crippen LogP contribution in [0.3, 0.4) is 0 Å². The van der Waals surface area contributed by atoms with Gasteiger partial charge in [0, 0.05) is 13.0 Å². The van der Waals surface area contributed by atoms with E-state index in [1.807, 2.05) is 0 Å². The summed E-state index contributed by atoms with van der Waals surface area (Å²) in [5.74, 6) is 2.34. The Labute approximate surface area is 146 Å². The van der Waals surface area contributed by atoms with Gasteiger partial charge in [0.25, 0.3) is 0 Å². The molecule has 136 valence electrons. The first-order valence-corrected chi connectivity index (χ1v) is 10.1.